The van der Waals surface area contributed by atoms with E-state index in [4.69, 9.17) is 33.7 Å². The lowest BCUT2D eigenvalue weighted by Crippen LogP contribution is -2.24. The molecule has 0 saturated heterocycles. The van der Waals surface area contributed by atoms with E-state index < -0.39 is 6.03 Å². The Hall–Kier alpha value is -2.24. The Balaban J connectivity index is 2.02. The third-order valence-electron chi connectivity index (χ3n) is 2.69. The van der Waals surface area contributed by atoms with Crippen LogP contribution in [0.3, 0.4) is 0 Å². The minimum Gasteiger partial charge on any atom is -0.487 e. The van der Waals surface area contributed by atoms with E-state index in [1.165, 1.54) is 6.21 Å². The molecule has 0 radical (unpaired) electrons. The molecule has 5 nitrogen and oxygen atoms in total. The highest BCUT2D eigenvalue weighted by molar-refractivity contribution is 6.32. The molecule has 114 valence electrons. The first-order chi connectivity index (χ1) is 10.6. The van der Waals surface area contributed by atoms with Crippen LogP contribution in [0.15, 0.2) is 47.6 Å². The highest BCUT2D eigenvalue weighted by Gasteiger charge is 2.05. The standard InChI is InChI=1S/C15H13Cl2N3O2/c16-12-4-2-1-3-11(12)9-22-14-6-5-10(7-13(14)17)8-19-20-15(18)21/h1-8H,9H2,(H3,18,20,21)/b19-8+. The van der Waals surface area contributed by atoms with Gasteiger partial charge in [0.25, 0.3) is 0 Å². The molecule has 0 spiro atoms. The van der Waals surface area contributed by atoms with Crippen molar-refractivity contribution in [3.8, 4) is 5.75 Å². The van der Waals surface area contributed by atoms with Gasteiger partial charge in [0, 0.05) is 10.6 Å². The number of hydrogen-bond donors (Lipinski definition) is 2. The van der Waals surface area contributed by atoms with Crippen LogP contribution in [0, 0.1) is 0 Å². The van der Waals surface area contributed by atoms with Crippen molar-refractivity contribution in [2.75, 3.05) is 0 Å². The van der Waals surface area contributed by atoms with E-state index in [1.54, 1.807) is 24.3 Å². The summed E-state index contributed by atoms with van der Waals surface area (Å²) in [5.74, 6) is 0.529. The predicted molar refractivity (Wildman–Crippen MR) is 87.5 cm³/mol. The number of primary amides is 1. The molecule has 0 aliphatic heterocycles. The number of ether oxygens (including phenoxy) is 1. The second-order valence-corrected chi connectivity index (χ2v) is 5.12. The van der Waals surface area contributed by atoms with E-state index >= 15 is 0 Å². The topological polar surface area (TPSA) is 76.7 Å². The van der Waals surface area contributed by atoms with E-state index in [0.717, 1.165) is 5.56 Å². The molecule has 0 aliphatic rings. The van der Waals surface area contributed by atoms with Gasteiger partial charge < -0.3 is 10.5 Å². The minimum absolute atomic E-state index is 0.316. The second-order valence-electron chi connectivity index (χ2n) is 4.30. The van der Waals surface area contributed by atoms with E-state index in [1.807, 2.05) is 18.2 Å². The molecule has 2 aromatic rings. The van der Waals surface area contributed by atoms with Crippen molar-refractivity contribution < 1.29 is 9.53 Å². The fourth-order valence-corrected chi connectivity index (χ4v) is 2.09. The van der Waals surface area contributed by atoms with Crippen LogP contribution in [-0.4, -0.2) is 12.2 Å². The number of halogens is 2. The van der Waals surface area contributed by atoms with Crippen LogP contribution >= 0.6 is 23.2 Å². The van der Waals surface area contributed by atoms with Gasteiger partial charge in [-0.3, -0.25) is 0 Å². The highest BCUT2D eigenvalue weighted by Crippen LogP contribution is 2.26. The maximum absolute atomic E-state index is 10.5. The van der Waals surface area contributed by atoms with E-state index in [9.17, 15) is 4.79 Å². The zero-order chi connectivity index (χ0) is 15.9. The van der Waals surface area contributed by atoms with Crippen LogP contribution in [0.2, 0.25) is 10.0 Å². The Morgan fingerprint density at radius 3 is 2.68 bits per heavy atom. The summed E-state index contributed by atoms with van der Waals surface area (Å²) in [7, 11) is 0. The maximum atomic E-state index is 10.5. The molecule has 7 heteroatoms. The van der Waals surface area contributed by atoms with Crippen LogP contribution in [0.1, 0.15) is 11.1 Å². The number of benzene rings is 2. The molecule has 2 rings (SSSR count). The number of hydrogen-bond acceptors (Lipinski definition) is 3. The number of carbonyl (C=O) groups excluding carboxylic acids is 1. The first-order valence-electron chi connectivity index (χ1n) is 6.30. The van der Waals surface area contributed by atoms with E-state index in [-0.39, 0.29) is 0 Å². The molecule has 0 unspecified atom stereocenters. The molecule has 0 bridgehead atoms. The average molecular weight is 338 g/mol. The highest BCUT2D eigenvalue weighted by atomic mass is 35.5. The molecular weight excluding hydrogens is 325 g/mol. The van der Waals surface area contributed by atoms with Gasteiger partial charge in [-0.1, -0.05) is 41.4 Å². The van der Waals surface area contributed by atoms with Crippen molar-refractivity contribution in [2.24, 2.45) is 10.8 Å². The van der Waals surface area contributed by atoms with Gasteiger partial charge in [-0.2, -0.15) is 5.10 Å². The zero-order valence-electron chi connectivity index (χ0n) is 11.4. The van der Waals surface area contributed by atoms with Gasteiger partial charge in [0.15, 0.2) is 0 Å². The smallest absolute Gasteiger partial charge is 0.332 e. The largest absolute Gasteiger partial charge is 0.487 e. The molecule has 0 aromatic heterocycles. The van der Waals surface area contributed by atoms with Gasteiger partial charge in [0.1, 0.15) is 12.4 Å². The van der Waals surface area contributed by atoms with E-state index in [2.05, 4.69) is 10.5 Å². The third kappa shape index (κ3) is 4.65. The van der Waals surface area contributed by atoms with Crippen molar-refractivity contribution in [3.05, 3.63) is 63.6 Å². The summed E-state index contributed by atoms with van der Waals surface area (Å²) in [5, 5.41) is 4.72. The van der Waals surface area contributed by atoms with Crippen LogP contribution in [0.5, 0.6) is 5.75 Å². The number of urea groups is 1. The van der Waals surface area contributed by atoms with Gasteiger partial charge >= 0.3 is 6.03 Å². The van der Waals surface area contributed by atoms with Crippen molar-refractivity contribution in [3.63, 3.8) is 0 Å². The summed E-state index contributed by atoms with van der Waals surface area (Å²) in [5.41, 5.74) is 8.57. The Kier molecular flexibility index (Phi) is 5.63. The lowest BCUT2D eigenvalue weighted by molar-refractivity contribution is 0.249. The first kappa shape index (κ1) is 16.1. The summed E-state index contributed by atoms with van der Waals surface area (Å²) >= 11 is 12.2. The molecule has 0 fully saturated rings. The summed E-state index contributed by atoms with van der Waals surface area (Å²) in [4.78, 5) is 10.5. The zero-order valence-corrected chi connectivity index (χ0v) is 12.9. The van der Waals surface area contributed by atoms with Crippen LogP contribution in [0.4, 0.5) is 4.79 Å². The summed E-state index contributed by atoms with van der Waals surface area (Å²) < 4.78 is 5.65. The number of rotatable bonds is 5. The van der Waals surface area contributed by atoms with Crippen LogP contribution in [0.25, 0.3) is 0 Å². The van der Waals surface area contributed by atoms with E-state index in [0.29, 0.717) is 28.0 Å². The summed E-state index contributed by atoms with van der Waals surface area (Å²) in [6.07, 6.45) is 1.43. The van der Waals surface area contributed by atoms with Gasteiger partial charge in [-0.15, -0.1) is 0 Å². The number of hydrazone groups is 1. The van der Waals surface area contributed by atoms with Crippen LogP contribution < -0.4 is 15.9 Å². The predicted octanol–water partition coefficient (Wildman–Crippen LogP) is 3.57. The summed E-state index contributed by atoms with van der Waals surface area (Å²) in [6.45, 7) is 0.316. The van der Waals surface area contributed by atoms with Gasteiger partial charge in [0.2, 0.25) is 0 Å². The van der Waals surface area contributed by atoms with Crippen molar-refractivity contribution in [1.29, 1.82) is 0 Å². The Bertz CT molecular complexity index is 705. The number of carbonyl (C=O) groups is 1. The molecule has 0 heterocycles. The quantitative estimate of drug-likeness (QED) is 0.646. The average Bonchev–Trinajstić information content (AvgIpc) is 2.47. The monoisotopic (exact) mass is 337 g/mol. The minimum atomic E-state index is -0.734. The lowest BCUT2D eigenvalue weighted by atomic mass is 10.2. The van der Waals surface area contributed by atoms with Crippen molar-refractivity contribution in [1.82, 2.24) is 5.43 Å². The number of amides is 2. The normalized spacial score (nSPS) is 10.6. The number of nitrogens with one attached hydrogen (secondary N) is 1. The molecule has 22 heavy (non-hydrogen) atoms. The third-order valence-corrected chi connectivity index (χ3v) is 3.35. The number of nitrogens with zero attached hydrogens (tertiary/aromatic N) is 1. The molecule has 2 aromatic carbocycles. The van der Waals surface area contributed by atoms with Gasteiger partial charge in [-0.05, 0) is 29.8 Å². The molecule has 0 aliphatic carbocycles. The molecule has 2 amide bonds. The van der Waals surface area contributed by atoms with Crippen LogP contribution in [-0.2, 0) is 6.61 Å². The lowest BCUT2D eigenvalue weighted by Gasteiger charge is -2.09. The Labute approximate surface area is 137 Å². The molecule has 0 saturated carbocycles. The Morgan fingerprint density at radius 2 is 2.00 bits per heavy atom. The fraction of sp³-hybridized carbons (Fsp3) is 0.0667. The summed E-state index contributed by atoms with van der Waals surface area (Å²) in [6, 6.07) is 11.8. The maximum Gasteiger partial charge on any atom is 0.332 e. The van der Waals surface area contributed by atoms with Crippen molar-refractivity contribution >= 4 is 35.4 Å². The Morgan fingerprint density at radius 1 is 1.23 bits per heavy atom. The van der Waals surface area contributed by atoms with Crippen molar-refractivity contribution in [2.45, 2.75) is 6.61 Å². The molecular formula is C15H13Cl2N3O2. The van der Waals surface area contributed by atoms with Gasteiger partial charge in [-0.25, -0.2) is 10.2 Å². The fourth-order valence-electron chi connectivity index (χ4n) is 1.66. The SMILES string of the molecule is NC(=O)N/N=C/c1ccc(OCc2ccccc2Cl)c(Cl)c1. The first-order valence-corrected chi connectivity index (χ1v) is 7.06. The second kappa shape index (κ2) is 7.68. The molecule has 3 N–H and O–H groups in total. The molecule has 0 atom stereocenters. The van der Waals surface area contributed by atoms with Gasteiger partial charge in [0.05, 0.1) is 11.2 Å². The number of nitrogens with two attached hydrogens (primary N) is 1.